The average Bonchev–Trinajstić information content (AvgIpc) is 2.10. The molecule has 0 unspecified atom stereocenters. The lowest BCUT2D eigenvalue weighted by Gasteiger charge is -2.08. The maximum atomic E-state index is 10.8. The summed E-state index contributed by atoms with van der Waals surface area (Å²) in [5, 5.41) is 4.19. The van der Waals surface area contributed by atoms with Crippen LogP contribution in [-0.2, 0) is 19.5 Å². The fourth-order valence-corrected chi connectivity index (χ4v) is 1.36. The standard InChI is InChI=1S/C5H11NO4S/c6-11(7,8)5-3-9-1-2-10-4-5/h5H,1-4H2,(H2,6,7,8). The van der Waals surface area contributed by atoms with Crippen LogP contribution in [0, 0.1) is 0 Å². The normalized spacial score (nSPS) is 23.0. The first-order valence-corrected chi connectivity index (χ1v) is 4.89. The number of hydrogen-bond donors (Lipinski definition) is 1. The second-order valence-electron chi connectivity index (χ2n) is 2.36. The minimum Gasteiger partial charge on any atom is -0.378 e. The lowest BCUT2D eigenvalue weighted by atomic mass is 10.5. The molecule has 0 amide bonds. The molecule has 0 atom stereocenters. The number of ether oxygens (including phenoxy) is 2. The molecule has 0 aliphatic carbocycles. The Morgan fingerprint density at radius 3 is 2.00 bits per heavy atom. The van der Waals surface area contributed by atoms with Crippen LogP contribution in [0.5, 0.6) is 0 Å². The molecule has 0 aromatic rings. The Balaban J connectivity index is 2.57. The van der Waals surface area contributed by atoms with Crippen molar-refractivity contribution >= 4 is 10.0 Å². The Hall–Kier alpha value is -0.170. The first-order chi connectivity index (χ1) is 5.11. The van der Waals surface area contributed by atoms with Crippen LogP contribution in [0.2, 0.25) is 0 Å². The topological polar surface area (TPSA) is 78.6 Å². The summed E-state index contributed by atoms with van der Waals surface area (Å²) >= 11 is 0. The second-order valence-corrected chi connectivity index (χ2v) is 4.21. The van der Waals surface area contributed by atoms with Gasteiger partial charge in [0.25, 0.3) is 0 Å². The number of hydrogen-bond acceptors (Lipinski definition) is 4. The summed E-state index contributed by atoms with van der Waals surface area (Å²) in [5.41, 5.74) is 0. The van der Waals surface area contributed by atoms with Gasteiger partial charge in [-0.3, -0.25) is 0 Å². The summed E-state index contributed by atoms with van der Waals surface area (Å²) in [4.78, 5) is 0. The molecule has 0 spiro atoms. The van der Waals surface area contributed by atoms with Gasteiger partial charge >= 0.3 is 0 Å². The highest BCUT2D eigenvalue weighted by molar-refractivity contribution is 7.89. The van der Waals surface area contributed by atoms with Crippen LogP contribution >= 0.6 is 0 Å². The van der Waals surface area contributed by atoms with Gasteiger partial charge in [-0.1, -0.05) is 0 Å². The molecule has 1 rings (SSSR count). The Bertz CT molecular complexity index is 205. The molecule has 66 valence electrons. The van der Waals surface area contributed by atoms with Gasteiger partial charge in [0.2, 0.25) is 10.0 Å². The summed E-state index contributed by atoms with van der Waals surface area (Å²) < 4.78 is 31.4. The van der Waals surface area contributed by atoms with E-state index in [1.807, 2.05) is 0 Å². The zero-order chi connectivity index (χ0) is 8.32. The molecule has 1 heterocycles. The molecule has 0 bridgehead atoms. The van der Waals surface area contributed by atoms with E-state index < -0.39 is 15.3 Å². The maximum absolute atomic E-state index is 10.8. The largest absolute Gasteiger partial charge is 0.378 e. The van der Waals surface area contributed by atoms with E-state index in [2.05, 4.69) is 0 Å². The van der Waals surface area contributed by atoms with Crippen LogP contribution in [0.3, 0.4) is 0 Å². The third kappa shape index (κ3) is 2.74. The van der Waals surface area contributed by atoms with E-state index in [0.717, 1.165) is 0 Å². The maximum Gasteiger partial charge on any atom is 0.216 e. The molecule has 0 saturated carbocycles. The van der Waals surface area contributed by atoms with Gasteiger partial charge in [-0.2, -0.15) is 0 Å². The van der Waals surface area contributed by atoms with E-state index in [4.69, 9.17) is 14.6 Å². The van der Waals surface area contributed by atoms with Crippen molar-refractivity contribution in [2.75, 3.05) is 26.4 Å². The van der Waals surface area contributed by atoms with E-state index in [-0.39, 0.29) is 13.2 Å². The van der Waals surface area contributed by atoms with Crippen LogP contribution in [0.4, 0.5) is 0 Å². The van der Waals surface area contributed by atoms with Gasteiger partial charge in [0.1, 0.15) is 5.25 Å². The molecule has 1 aliphatic heterocycles. The van der Waals surface area contributed by atoms with Crippen LogP contribution in [0.25, 0.3) is 0 Å². The molecule has 1 aliphatic rings. The predicted octanol–water partition coefficient (Wildman–Crippen LogP) is -1.31. The molecular weight excluding hydrogens is 170 g/mol. The Morgan fingerprint density at radius 2 is 1.64 bits per heavy atom. The van der Waals surface area contributed by atoms with Crippen LogP contribution in [-0.4, -0.2) is 40.1 Å². The van der Waals surface area contributed by atoms with Crippen molar-refractivity contribution in [1.82, 2.24) is 0 Å². The first-order valence-electron chi connectivity index (χ1n) is 3.28. The summed E-state index contributed by atoms with van der Waals surface area (Å²) in [7, 11) is -3.50. The summed E-state index contributed by atoms with van der Waals surface area (Å²) in [5.74, 6) is 0. The minimum atomic E-state index is -3.50. The second kappa shape index (κ2) is 3.48. The molecular formula is C5H11NO4S. The lowest BCUT2D eigenvalue weighted by molar-refractivity contribution is 0.103. The van der Waals surface area contributed by atoms with Gasteiger partial charge in [-0.05, 0) is 0 Å². The van der Waals surface area contributed by atoms with Crippen molar-refractivity contribution in [3.8, 4) is 0 Å². The summed E-state index contributed by atoms with van der Waals surface area (Å²) in [6.07, 6.45) is 0. The van der Waals surface area contributed by atoms with Crippen molar-refractivity contribution in [3.05, 3.63) is 0 Å². The van der Waals surface area contributed by atoms with Gasteiger partial charge in [0, 0.05) is 0 Å². The van der Waals surface area contributed by atoms with Crippen molar-refractivity contribution in [2.24, 2.45) is 5.14 Å². The van der Waals surface area contributed by atoms with Gasteiger partial charge in [0.15, 0.2) is 0 Å². The Labute approximate surface area is 65.5 Å². The molecule has 0 radical (unpaired) electrons. The first kappa shape index (κ1) is 8.92. The van der Waals surface area contributed by atoms with E-state index in [0.29, 0.717) is 13.2 Å². The number of primary sulfonamides is 1. The van der Waals surface area contributed by atoms with Crippen LogP contribution < -0.4 is 5.14 Å². The van der Waals surface area contributed by atoms with E-state index in [1.54, 1.807) is 0 Å². The Kier molecular flexibility index (Phi) is 2.83. The zero-order valence-corrected chi connectivity index (χ0v) is 6.84. The molecule has 1 fully saturated rings. The fraction of sp³-hybridized carbons (Fsp3) is 1.00. The molecule has 2 N–H and O–H groups in total. The summed E-state index contributed by atoms with van der Waals surface area (Å²) in [6, 6.07) is 0. The van der Waals surface area contributed by atoms with Crippen molar-refractivity contribution < 1.29 is 17.9 Å². The average molecular weight is 181 g/mol. The van der Waals surface area contributed by atoms with Crippen LogP contribution in [0.1, 0.15) is 0 Å². The van der Waals surface area contributed by atoms with Gasteiger partial charge in [-0.15, -0.1) is 0 Å². The highest BCUT2D eigenvalue weighted by atomic mass is 32.2. The van der Waals surface area contributed by atoms with E-state index in [9.17, 15) is 8.42 Å². The molecule has 6 heteroatoms. The number of rotatable bonds is 1. The molecule has 0 aromatic heterocycles. The van der Waals surface area contributed by atoms with Gasteiger partial charge in [0.05, 0.1) is 26.4 Å². The van der Waals surface area contributed by atoms with Gasteiger partial charge < -0.3 is 9.47 Å². The smallest absolute Gasteiger partial charge is 0.216 e. The molecule has 0 aromatic carbocycles. The highest BCUT2D eigenvalue weighted by Crippen LogP contribution is 2.01. The molecule has 1 saturated heterocycles. The zero-order valence-electron chi connectivity index (χ0n) is 6.02. The van der Waals surface area contributed by atoms with E-state index >= 15 is 0 Å². The SMILES string of the molecule is NS(=O)(=O)C1COCCOC1. The van der Waals surface area contributed by atoms with E-state index in [1.165, 1.54) is 0 Å². The third-order valence-corrected chi connectivity index (χ3v) is 2.65. The number of nitrogens with two attached hydrogens (primary N) is 1. The van der Waals surface area contributed by atoms with Crippen molar-refractivity contribution in [1.29, 1.82) is 0 Å². The monoisotopic (exact) mass is 181 g/mol. The number of sulfonamides is 1. The van der Waals surface area contributed by atoms with Crippen molar-refractivity contribution in [2.45, 2.75) is 5.25 Å². The van der Waals surface area contributed by atoms with Gasteiger partial charge in [-0.25, -0.2) is 13.6 Å². The Morgan fingerprint density at radius 1 is 1.18 bits per heavy atom. The predicted molar refractivity (Wildman–Crippen MR) is 38.5 cm³/mol. The molecule has 5 nitrogen and oxygen atoms in total. The third-order valence-electron chi connectivity index (χ3n) is 1.44. The summed E-state index contributed by atoms with van der Waals surface area (Å²) in [6.45, 7) is 1.15. The highest BCUT2D eigenvalue weighted by Gasteiger charge is 2.23. The lowest BCUT2D eigenvalue weighted by Crippen LogP contribution is -2.34. The van der Waals surface area contributed by atoms with Crippen molar-refractivity contribution in [3.63, 3.8) is 0 Å². The quantitative estimate of drug-likeness (QED) is 0.544. The minimum absolute atomic E-state index is 0.138. The molecule has 11 heavy (non-hydrogen) atoms. The fourth-order valence-electron chi connectivity index (χ4n) is 0.785. The van der Waals surface area contributed by atoms with Crippen LogP contribution in [0.15, 0.2) is 0 Å².